The number of likely N-dealkylation sites (N-methyl/N-ethyl adjacent to an activating group) is 1. The van der Waals surface area contributed by atoms with Gasteiger partial charge in [-0.25, -0.2) is 4.39 Å². The lowest BCUT2D eigenvalue weighted by Gasteiger charge is -2.34. The fourth-order valence-corrected chi connectivity index (χ4v) is 4.01. The summed E-state index contributed by atoms with van der Waals surface area (Å²) in [6.07, 6.45) is 0.999. The first kappa shape index (κ1) is 19.9. The fourth-order valence-electron chi connectivity index (χ4n) is 3.66. The van der Waals surface area contributed by atoms with Crippen LogP contribution in [0.4, 0.5) is 10.1 Å². The van der Waals surface area contributed by atoms with Crippen molar-refractivity contribution in [3.8, 4) is 11.5 Å². The number of ether oxygens (including phenoxy) is 1. The standard InChI is InChI=1S/C20H18Cl2FN3O3/c1-26-17-10(8-15(20(26)28)25-14-6-7-24-19(14)27)2-4-13(22)18(17)29-16-9-11(23)3-5-12(16)21/h2-5,9,14-15,25H,6-8H2,1H3,(H,24,27)/t14?,15-/m1/s1. The summed E-state index contributed by atoms with van der Waals surface area (Å²) in [7, 11) is 1.61. The SMILES string of the molecule is CN1C(=O)[C@H](NC2CCNC2=O)Cc2ccc(Cl)c(Oc3cc(F)ccc3Cl)c21. The third-order valence-corrected chi connectivity index (χ3v) is 5.72. The minimum absolute atomic E-state index is 0.102. The van der Waals surface area contributed by atoms with Gasteiger partial charge in [0.1, 0.15) is 11.6 Å². The van der Waals surface area contributed by atoms with Crippen LogP contribution in [-0.4, -0.2) is 37.5 Å². The second-order valence-corrected chi connectivity index (χ2v) is 7.83. The topological polar surface area (TPSA) is 70.7 Å². The van der Waals surface area contributed by atoms with E-state index in [9.17, 15) is 14.0 Å². The maximum atomic E-state index is 13.6. The summed E-state index contributed by atoms with van der Waals surface area (Å²) >= 11 is 12.5. The molecule has 2 heterocycles. The van der Waals surface area contributed by atoms with Gasteiger partial charge in [0, 0.05) is 19.7 Å². The Morgan fingerprint density at radius 1 is 1.17 bits per heavy atom. The number of carbonyl (C=O) groups excluding carboxylic acids is 2. The quantitative estimate of drug-likeness (QED) is 0.769. The molecule has 0 spiro atoms. The van der Waals surface area contributed by atoms with E-state index in [1.807, 2.05) is 6.07 Å². The molecule has 1 saturated heterocycles. The molecule has 2 aromatic carbocycles. The van der Waals surface area contributed by atoms with Crippen LogP contribution in [-0.2, 0) is 16.0 Å². The lowest BCUT2D eigenvalue weighted by Crippen LogP contribution is -2.54. The second-order valence-electron chi connectivity index (χ2n) is 7.01. The lowest BCUT2D eigenvalue weighted by atomic mass is 9.96. The largest absolute Gasteiger partial charge is 0.452 e. The van der Waals surface area contributed by atoms with Gasteiger partial charge >= 0.3 is 0 Å². The maximum absolute atomic E-state index is 13.6. The van der Waals surface area contributed by atoms with Crippen LogP contribution >= 0.6 is 23.2 Å². The van der Waals surface area contributed by atoms with Crippen LogP contribution in [0.15, 0.2) is 30.3 Å². The molecule has 0 bridgehead atoms. The van der Waals surface area contributed by atoms with E-state index in [-0.39, 0.29) is 33.4 Å². The summed E-state index contributed by atoms with van der Waals surface area (Å²) in [5.74, 6) is -0.495. The lowest BCUT2D eigenvalue weighted by molar-refractivity contribution is -0.123. The summed E-state index contributed by atoms with van der Waals surface area (Å²) in [5, 5.41) is 6.38. The predicted octanol–water partition coefficient (Wildman–Crippen LogP) is 3.29. The zero-order valence-electron chi connectivity index (χ0n) is 15.5. The average Bonchev–Trinajstić information content (AvgIpc) is 3.09. The number of hydrogen-bond donors (Lipinski definition) is 2. The minimum atomic E-state index is -0.548. The van der Waals surface area contributed by atoms with Gasteiger partial charge in [-0.05, 0) is 36.6 Å². The van der Waals surface area contributed by atoms with E-state index in [1.165, 1.54) is 17.0 Å². The fraction of sp³-hybridized carbons (Fsp3) is 0.300. The van der Waals surface area contributed by atoms with Gasteiger partial charge in [0.25, 0.3) is 0 Å². The molecule has 2 atom stereocenters. The zero-order valence-corrected chi connectivity index (χ0v) is 17.0. The first-order chi connectivity index (χ1) is 13.8. The van der Waals surface area contributed by atoms with Gasteiger partial charge in [-0.15, -0.1) is 0 Å². The normalized spacial score (nSPS) is 21.2. The van der Waals surface area contributed by atoms with E-state index in [0.717, 1.165) is 11.6 Å². The summed E-state index contributed by atoms with van der Waals surface area (Å²) in [6.45, 7) is 0.589. The number of carbonyl (C=O) groups is 2. The van der Waals surface area contributed by atoms with E-state index in [4.69, 9.17) is 27.9 Å². The minimum Gasteiger partial charge on any atom is -0.452 e. The Kier molecular flexibility index (Phi) is 5.38. The molecule has 2 amide bonds. The third-order valence-electron chi connectivity index (χ3n) is 5.11. The Hall–Kier alpha value is -2.35. The number of nitrogens with one attached hydrogen (secondary N) is 2. The van der Waals surface area contributed by atoms with E-state index < -0.39 is 17.9 Å². The summed E-state index contributed by atoms with van der Waals surface area (Å²) in [5.41, 5.74) is 1.31. The van der Waals surface area contributed by atoms with Crippen molar-refractivity contribution in [1.82, 2.24) is 10.6 Å². The van der Waals surface area contributed by atoms with Crippen molar-refractivity contribution in [3.63, 3.8) is 0 Å². The molecule has 2 N–H and O–H groups in total. The number of benzene rings is 2. The van der Waals surface area contributed by atoms with Crippen LogP contribution in [0, 0.1) is 5.82 Å². The van der Waals surface area contributed by atoms with Crippen LogP contribution < -0.4 is 20.3 Å². The molecule has 2 aromatic rings. The van der Waals surface area contributed by atoms with Gasteiger partial charge < -0.3 is 15.0 Å². The number of halogens is 3. The van der Waals surface area contributed by atoms with Crippen molar-refractivity contribution in [2.45, 2.75) is 24.9 Å². The van der Waals surface area contributed by atoms with Crippen molar-refractivity contribution in [2.75, 3.05) is 18.5 Å². The first-order valence-electron chi connectivity index (χ1n) is 9.10. The molecule has 2 aliphatic rings. The van der Waals surface area contributed by atoms with Crippen molar-refractivity contribution in [1.29, 1.82) is 0 Å². The van der Waals surface area contributed by atoms with Gasteiger partial charge in [0.15, 0.2) is 5.75 Å². The Labute approximate surface area is 176 Å². The Bertz CT molecular complexity index is 1000. The molecule has 29 heavy (non-hydrogen) atoms. The highest BCUT2D eigenvalue weighted by Crippen LogP contribution is 2.44. The Balaban J connectivity index is 1.67. The van der Waals surface area contributed by atoms with E-state index >= 15 is 0 Å². The summed E-state index contributed by atoms with van der Waals surface area (Å²) in [4.78, 5) is 26.3. The molecule has 152 valence electrons. The number of rotatable bonds is 4. The van der Waals surface area contributed by atoms with Crippen LogP contribution in [0.3, 0.4) is 0 Å². The highest BCUT2D eigenvalue weighted by atomic mass is 35.5. The van der Waals surface area contributed by atoms with Crippen molar-refractivity contribution in [3.05, 3.63) is 51.8 Å². The number of fused-ring (bicyclic) bond motifs is 1. The molecule has 0 aromatic heterocycles. The van der Waals surface area contributed by atoms with Gasteiger partial charge in [-0.1, -0.05) is 29.3 Å². The van der Waals surface area contributed by atoms with Gasteiger partial charge in [0.05, 0.1) is 27.8 Å². The number of hydrogen-bond acceptors (Lipinski definition) is 4. The van der Waals surface area contributed by atoms with E-state index in [2.05, 4.69) is 10.6 Å². The number of anilines is 1. The number of amides is 2. The highest BCUT2D eigenvalue weighted by molar-refractivity contribution is 6.33. The smallest absolute Gasteiger partial charge is 0.244 e. The van der Waals surface area contributed by atoms with Crippen molar-refractivity contribution in [2.24, 2.45) is 0 Å². The molecule has 9 heteroatoms. The first-order valence-corrected chi connectivity index (χ1v) is 9.86. The molecule has 6 nitrogen and oxygen atoms in total. The summed E-state index contributed by atoms with van der Waals surface area (Å²) in [6, 6.07) is 6.29. The van der Waals surface area contributed by atoms with Gasteiger partial charge in [-0.3, -0.25) is 14.9 Å². The van der Waals surface area contributed by atoms with E-state index in [1.54, 1.807) is 13.1 Å². The molecular formula is C20H18Cl2FN3O3. The molecule has 1 unspecified atom stereocenters. The third kappa shape index (κ3) is 3.77. The second kappa shape index (κ2) is 7.82. The molecule has 2 aliphatic heterocycles. The van der Waals surface area contributed by atoms with Gasteiger partial charge in [-0.2, -0.15) is 0 Å². The van der Waals surface area contributed by atoms with Crippen molar-refractivity contribution < 1.29 is 18.7 Å². The van der Waals surface area contributed by atoms with Crippen LogP contribution in [0.2, 0.25) is 10.0 Å². The molecule has 1 fully saturated rings. The summed E-state index contributed by atoms with van der Waals surface area (Å²) < 4.78 is 19.5. The van der Waals surface area contributed by atoms with Crippen LogP contribution in [0.5, 0.6) is 11.5 Å². The van der Waals surface area contributed by atoms with E-state index in [0.29, 0.717) is 25.1 Å². The van der Waals surface area contributed by atoms with Crippen LogP contribution in [0.25, 0.3) is 0 Å². The molecule has 4 rings (SSSR count). The average molecular weight is 438 g/mol. The number of nitrogens with zero attached hydrogens (tertiary/aromatic N) is 1. The zero-order chi connectivity index (χ0) is 20.7. The van der Waals surface area contributed by atoms with Gasteiger partial charge in [0.2, 0.25) is 11.8 Å². The Morgan fingerprint density at radius 2 is 1.93 bits per heavy atom. The monoisotopic (exact) mass is 437 g/mol. The molecule has 0 saturated carbocycles. The highest BCUT2D eigenvalue weighted by Gasteiger charge is 2.37. The molecular weight excluding hydrogens is 420 g/mol. The Morgan fingerprint density at radius 3 is 2.66 bits per heavy atom. The van der Waals surface area contributed by atoms with Crippen LogP contribution in [0.1, 0.15) is 12.0 Å². The maximum Gasteiger partial charge on any atom is 0.244 e. The molecule has 0 aliphatic carbocycles. The van der Waals surface area contributed by atoms with Crippen molar-refractivity contribution >= 4 is 40.7 Å². The predicted molar refractivity (Wildman–Crippen MR) is 108 cm³/mol. The molecule has 0 radical (unpaired) electrons.